The van der Waals surface area contributed by atoms with Crippen molar-refractivity contribution in [3.05, 3.63) is 35.9 Å². The molecule has 2 nitrogen and oxygen atoms in total. The molecule has 1 aromatic carbocycles. The Morgan fingerprint density at radius 1 is 1.32 bits per heavy atom. The van der Waals surface area contributed by atoms with Gasteiger partial charge >= 0.3 is 0 Å². The number of rotatable bonds is 7. The van der Waals surface area contributed by atoms with Crippen molar-refractivity contribution in [1.29, 1.82) is 0 Å². The van der Waals surface area contributed by atoms with Crippen LogP contribution in [0.4, 0.5) is 0 Å². The SMILES string of the molecule is CCCC1(C(=O)CCCc2ccccc2)CCNC1. The number of ketones is 1. The van der Waals surface area contributed by atoms with Gasteiger partial charge in [0.1, 0.15) is 5.78 Å². The van der Waals surface area contributed by atoms with Gasteiger partial charge in [-0.2, -0.15) is 0 Å². The third kappa shape index (κ3) is 3.66. The monoisotopic (exact) mass is 259 g/mol. The average Bonchev–Trinajstić information content (AvgIpc) is 2.90. The third-order valence-electron chi connectivity index (χ3n) is 4.28. The van der Waals surface area contributed by atoms with Crippen LogP contribution in [-0.4, -0.2) is 18.9 Å². The second-order valence-electron chi connectivity index (χ2n) is 5.72. The lowest BCUT2D eigenvalue weighted by molar-refractivity contribution is -0.128. The van der Waals surface area contributed by atoms with Crippen LogP contribution in [0.25, 0.3) is 0 Å². The molecule has 1 aromatic rings. The fourth-order valence-corrected chi connectivity index (χ4v) is 3.18. The summed E-state index contributed by atoms with van der Waals surface area (Å²) in [6.07, 6.45) is 5.91. The molecule has 1 heterocycles. The molecule has 0 aliphatic carbocycles. The number of aryl methyl sites for hydroxylation is 1. The second-order valence-corrected chi connectivity index (χ2v) is 5.72. The summed E-state index contributed by atoms with van der Waals surface area (Å²) in [5.41, 5.74) is 1.29. The third-order valence-corrected chi connectivity index (χ3v) is 4.28. The fraction of sp³-hybridized carbons (Fsp3) is 0.588. The Balaban J connectivity index is 1.83. The molecule has 0 bridgehead atoms. The molecule has 1 aliphatic heterocycles. The molecule has 0 amide bonds. The van der Waals surface area contributed by atoms with Gasteiger partial charge < -0.3 is 5.32 Å². The summed E-state index contributed by atoms with van der Waals surface area (Å²) >= 11 is 0. The minimum Gasteiger partial charge on any atom is -0.316 e. The van der Waals surface area contributed by atoms with E-state index in [1.54, 1.807) is 0 Å². The summed E-state index contributed by atoms with van der Waals surface area (Å²) < 4.78 is 0. The van der Waals surface area contributed by atoms with Crippen LogP contribution in [0.2, 0.25) is 0 Å². The van der Waals surface area contributed by atoms with Gasteiger partial charge in [-0.15, -0.1) is 0 Å². The minimum absolute atomic E-state index is 0.0502. The Morgan fingerprint density at radius 2 is 2.11 bits per heavy atom. The van der Waals surface area contributed by atoms with E-state index >= 15 is 0 Å². The first-order valence-electron chi connectivity index (χ1n) is 7.55. The summed E-state index contributed by atoms with van der Waals surface area (Å²) in [7, 11) is 0. The zero-order valence-corrected chi connectivity index (χ0v) is 12.0. The molecular formula is C17H25NO. The molecule has 2 heteroatoms. The van der Waals surface area contributed by atoms with Gasteiger partial charge in [0.05, 0.1) is 0 Å². The van der Waals surface area contributed by atoms with Gasteiger partial charge in [-0.25, -0.2) is 0 Å². The van der Waals surface area contributed by atoms with Crippen molar-refractivity contribution in [2.24, 2.45) is 5.41 Å². The van der Waals surface area contributed by atoms with Crippen LogP contribution in [0.5, 0.6) is 0 Å². The molecule has 1 unspecified atom stereocenters. The normalized spacial score (nSPS) is 22.6. The predicted octanol–water partition coefficient (Wildman–Crippen LogP) is 3.36. The van der Waals surface area contributed by atoms with Crippen molar-refractivity contribution in [3.63, 3.8) is 0 Å². The molecule has 104 valence electrons. The van der Waals surface area contributed by atoms with Gasteiger partial charge in [-0.3, -0.25) is 4.79 Å². The minimum atomic E-state index is -0.0502. The van der Waals surface area contributed by atoms with Crippen LogP contribution < -0.4 is 5.32 Å². The van der Waals surface area contributed by atoms with Crippen LogP contribution in [0, 0.1) is 5.41 Å². The van der Waals surface area contributed by atoms with Gasteiger partial charge in [-0.1, -0.05) is 43.7 Å². The number of benzene rings is 1. The maximum atomic E-state index is 12.5. The molecule has 0 spiro atoms. The molecule has 0 saturated carbocycles. The van der Waals surface area contributed by atoms with Crippen molar-refractivity contribution in [2.45, 2.75) is 45.4 Å². The van der Waals surface area contributed by atoms with E-state index in [0.29, 0.717) is 5.78 Å². The Labute approximate surface area is 116 Å². The summed E-state index contributed by atoms with van der Waals surface area (Å²) in [6, 6.07) is 10.5. The van der Waals surface area contributed by atoms with E-state index in [4.69, 9.17) is 0 Å². The summed E-state index contributed by atoms with van der Waals surface area (Å²) in [6.45, 7) is 4.08. The highest BCUT2D eigenvalue weighted by Gasteiger charge is 2.39. The van der Waals surface area contributed by atoms with Gasteiger partial charge in [0.25, 0.3) is 0 Å². The van der Waals surface area contributed by atoms with Crippen LogP contribution in [-0.2, 0) is 11.2 Å². The number of nitrogens with one attached hydrogen (secondary N) is 1. The maximum absolute atomic E-state index is 12.5. The van der Waals surface area contributed by atoms with E-state index < -0.39 is 0 Å². The zero-order valence-electron chi connectivity index (χ0n) is 12.0. The van der Waals surface area contributed by atoms with E-state index in [0.717, 1.165) is 51.6 Å². The molecule has 1 fully saturated rings. The Bertz CT molecular complexity index is 393. The van der Waals surface area contributed by atoms with E-state index in [9.17, 15) is 4.79 Å². The van der Waals surface area contributed by atoms with E-state index in [2.05, 4.69) is 36.5 Å². The molecule has 1 aliphatic rings. The molecule has 19 heavy (non-hydrogen) atoms. The number of hydrogen-bond donors (Lipinski definition) is 1. The van der Waals surface area contributed by atoms with Crippen molar-refractivity contribution in [2.75, 3.05) is 13.1 Å². The first-order valence-corrected chi connectivity index (χ1v) is 7.55. The van der Waals surface area contributed by atoms with Gasteiger partial charge in [0.15, 0.2) is 0 Å². The zero-order chi connectivity index (χ0) is 13.6. The largest absolute Gasteiger partial charge is 0.316 e. The standard InChI is InChI=1S/C17H25NO/c1-2-11-17(12-13-18-14-17)16(19)10-6-9-15-7-4-3-5-8-15/h3-5,7-8,18H,2,6,9-14H2,1H3. The van der Waals surface area contributed by atoms with Gasteiger partial charge in [0, 0.05) is 18.4 Å². The Morgan fingerprint density at radius 3 is 2.74 bits per heavy atom. The summed E-state index contributed by atoms with van der Waals surface area (Å²) in [4.78, 5) is 12.5. The van der Waals surface area contributed by atoms with Gasteiger partial charge in [-0.05, 0) is 37.8 Å². The van der Waals surface area contributed by atoms with Crippen LogP contribution >= 0.6 is 0 Å². The van der Waals surface area contributed by atoms with E-state index in [1.807, 2.05) is 6.07 Å². The molecule has 2 rings (SSSR count). The van der Waals surface area contributed by atoms with Crippen LogP contribution in [0.3, 0.4) is 0 Å². The van der Waals surface area contributed by atoms with Crippen LogP contribution in [0.1, 0.15) is 44.6 Å². The highest BCUT2D eigenvalue weighted by molar-refractivity contribution is 5.85. The highest BCUT2D eigenvalue weighted by Crippen LogP contribution is 2.33. The molecule has 1 saturated heterocycles. The van der Waals surface area contributed by atoms with Crippen LogP contribution in [0.15, 0.2) is 30.3 Å². The number of hydrogen-bond acceptors (Lipinski definition) is 2. The lowest BCUT2D eigenvalue weighted by Gasteiger charge is -2.26. The first kappa shape index (κ1) is 14.3. The average molecular weight is 259 g/mol. The molecule has 1 atom stereocenters. The quantitative estimate of drug-likeness (QED) is 0.813. The predicted molar refractivity (Wildman–Crippen MR) is 79.2 cm³/mol. The molecule has 1 N–H and O–H groups in total. The Hall–Kier alpha value is -1.15. The van der Waals surface area contributed by atoms with Crippen molar-refractivity contribution in [1.82, 2.24) is 5.32 Å². The number of carbonyl (C=O) groups excluding carboxylic acids is 1. The van der Waals surface area contributed by atoms with Gasteiger partial charge in [0.2, 0.25) is 0 Å². The van der Waals surface area contributed by atoms with E-state index in [1.165, 1.54) is 5.56 Å². The molecular weight excluding hydrogens is 234 g/mol. The fourth-order valence-electron chi connectivity index (χ4n) is 3.18. The summed E-state index contributed by atoms with van der Waals surface area (Å²) in [5.74, 6) is 0.482. The smallest absolute Gasteiger partial charge is 0.140 e. The number of carbonyl (C=O) groups is 1. The van der Waals surface area contributed by atoms with Crippen molar-refractivity contribution >= 4 is 5.78 Å². The van der Waals surface area contributed by atoms with E-state index in [-0.39, 0.29) is 5.41 Å². The topological polar surface area (TPSA) is 29.1 Å². The lowest BCUT2D eigenvalue weighted by Crippen LogP contribution is -2.33. The van der Waals surface area contributed by atoms with Crippen molar-refractivity contribution < 1.29 is 4.79 Å². The maximum Gasteiger partial charge on any atom is 0.140 e. The Kier molecular flexibility index (Phi) is 5.15. The van der Waals surface area contributed by atoms with Crippen molar-refractivity contribution in [3.8, 4) is 0 Å². The molecule has 0 radical (unpaired) electrons. The first-order chi connectivity index (χ1) is 9.27. The number of Topliss-reactive ketones (excluding diaryl/α,β-unsaturated/α-hetero) is 1. The summed E-state index contributed by atoms with van der Waals surface area (Å²) in [5, 5.41) is 3.37. The lowest BCUT2D eigenvalue weighted by atomic mass is 9.77. The second kappa shape index (κ2) is 6.85. The highest BCUT2D eigenvalue weighted by atomic mass is 16.1. The molecule has 0 aromatic heterocycles.